The molecule has 0 aliphatic rings. The van der Waals surface area contributed by atoms with Gasteiger partial charge in [-0.3, -0.25) is 9.12 Å². The second-order valence-corrected chi connectivity index (χ2v) is 3.73. The van der Waals surface area contributed by atoms with Gasteiger partial charge in [-0.2, -0.15) is 0 Å². The fourth-order valence-electron chi connectivity index (χ4n) is 1.16. The van der Waals surface area contributed by atoms with Gasteiger partial charge in [-0.15, -0.1) is 10.2 Å². The first-order valence-corrected chi connectivity index (χ1v) is 4.78. The molecule has 2 heterocycles. The van der Waals surface area contributed by atoms with Crippen LogP contribution in [0.4, 0.5) is 0 Å². The summed E-state index contributed by atoms with van der Waals surface area (Å²) in [4.78, 5) is 1.15. The molecule has 0 fully saturated rings. The van der Waals surface area contributed by atoms with E-state index < -0.39 is 0 Å². The van der Waals surface area contributed by atoms with E-state index in [1.165, 1.54) is 0 Å². The van der Waals surface area contributed by atoms with Crippen molar-refractivity contribution in [1.29, 1.82) is 0 Å². The van der Waals surface area contributed by atoms with Gasteiger partial charge in [-0.1, -0.05) is 0 Å². The van der Waals surface area contributed by atoms with E-state index in [-0.39, 0.29) is 0 Å². The van der Waals surface area contributed by atoms with E-state index in [1.54, 1.807) is 11.9 Å². The Hall–Kier alpha value is -1.07. The SMILES string of the molecule is CNSc1ccc2nnc(C)n2c1. The molecule has 68 valence electrons. The van der Waals surface area contributed by atoms with Gasteiger partial charge in [0.05, 0.1) is 0 Å². The predicted molar refractivity (Wildman–Crippen MR) is 52.6 cm³/mol. The summed E-state index contributed by atoms with van der Waals surface area (Å²) in [7, 11) is 1.90. The number of hydrogen-bond acceptors (Lipinski definition) is 4. The molecule has 2 aromatic rings. The van der Waals surface area contributed by atoms with Crippen LogP contribution in [0.15, 0.2) is 23.2 Å². The fourth-order valence-corrected chi connectivity index (χ4v) is 1.69. The summed E-state index contributed by atoms with van der Waals surface area (Å²) in [6.07, 6.45) is 2.02. The number of pyridine rings is 1. The average Bonchev–Trinajstić information content (AvgIpc) is 2.49. The Morgan fingerprint density at radius 1 is 1.38 bits per heavy atom. The van der Waals surface area contributed by atoms with Crippen molar-refractivity contribution in [2.45, 2.75) is 11.8 Å². The highest BCUT2D eigenvalue weighted by molar-refractivity contribution is 7.97. The maximum atomic E-state index is 4.00. The van der Waals surface area contributed by atoms with E-state index in [2.05, 4.69) is 14.9 Å². The van der Waals surface area contributed by atoms with Crippen LogP contribution in [0.25, 0.3) is 5.65 Å². The number of fused-ring (bicyclic) bond motifs is 1. The van der Waals surface area contributed by atoms with Crippen molar-refractivity contribution in [1.82, 2.24) is 19.3 Å². The molecule has 0 aliphatic heterocycles. The fraction of sp³-hybridized carbons (Fsp3) is 0.250. The molecule has 0 amide bonds. The summed E-state index contributed by atoms with van der Waals surface area (Å²) in [5.41, 5.74) is 0.887. The first-order valence-electron chi connectivity index (χ1n) is 3.96. The molecule has 0 spiro atoms. The Morgan fingerprint density at radius 3 is 3.00 bits per heavy atom. The van der Waals surface area contributed by atoms with E-state index >= 15 is 0 Å². The quantitative estimate of drug-likeness (QED) is 0.731. The summed E-state index contributed by atoms with van der Waals surface area (Å²) >= 11 is 1.58. The van der Waals surface area contributed by atoms with Gasteiger partial charge in [0.2, 0.25) is 0 Å². The molecule has 0 bridgehead atoms. The van der Waals surface area contributed by atoms with Gasteiger partial charge in [0.25, 0.3) is 0 Å². The molecular formula is C8H10N4S. The maximum absolute atomic E-state index is 4.00. The van der Waals surface area contributed by atoms with E-state index in [1.807, 2.05) is 36.7 Å². The van der Waals surface area contributed by atoms with Gasteiger partial charge in [-0.25, -0.2) is 0 Å². The van der Waals surface area contributed by atoms with Crippen molar-refractivity contribution in [2.75, 3.05) is 7.05 Å². The second-order valence-electron chi connectivity index (χ2n) is 2.65. The van der Waals surface area contributed by atoms with Gasteiger partial charge in [-0.05, 0) is 38.1 Å². The Balaban J connectivity index is 2.53. The van der Waals surface area contributed by atoms with Crippen LogP contribution in [0.2, 0.25) is 0 Å². The van der Waals surface area contributed by atoms with E-state index in [9.17, 15) is 0 Å². The lowest BCUT2D eigenvalue weighted by Crippen LogP contribution is -1.93. The molecule has 0 aliphatic carbocycles. The molecule has 0 atom stereocenters. The first-order chi connectivity index (χ1) is 6.31. The number of rotatable bonds is 2. The van der Waals surface area contributed by atoms with Crippen molar-refractivity contribution in [3.63, 3.8) is 0 Å². The Labute approximate surface area is 80.5 Å². The second kappa shape index (κ2) is 3.35. The minimum atomic E-state index is 0.887. The van der Waals surface area contributed by atoms with Crippen LogP contribution in [0.5, 0.6) is 0 Å². The van der Waals surface area contributed by atoms with E-state index in [0.29, 0.717) is 0 Å². The zero-order valence-corrected chi connectivity index (χ0v) is 8.30. The van der Waals surface area contributed by atoms with E-state index in [0.717, 1.165) is 16.4 Å². The smallest absolute Gasteiger partial charge is 0.160 e. The monoisotopic (exact) mass is 194 g/mol. The lowest BCUT2D eigenvalue weighted by Gasteiger charge is -1.99. The number of aryl methyl sites for hydroxylation is 1. The molecule has 0 radical (unpaired) electrons. The molecule has 0 saturated heterocycles. The number of aromatic nitrogens is 3. The topological polar surface area (TPSA) is 42.2 Å². The third-order valence-corrected chi connectivity index (χ3v) is 2.45. The third kappa shape index (κ3) is 1.52. The number of nitrogens with zero attached hydrogens (tertiary/aromatic N) is 3. The van der Waals surface area contributed by atoms with Crippen molar-refractivity contribution in [3.8, 4) is 0 Å². The lowest BCUT2D eigenvalue weighted by molar-refractivity contribution is 0.995. The normalized spacial score (nSPS) is 10.9. The van der Waals surface area contributed by atoms with Gasteiger partial charge in [0.15, 0.2) is 5.65 Å². The van der Waals surface area contributed by atoms with Crippen LogP contribution < -0.4 is 4.72 Å². The predicted octanol–water partition coefficient (Wildman–Crippen LogP) is 1.26. The zero-order chi connectivity index (χ0) is 9.26. The molecule has 0 saturated carbocycles. The lowest BCUT2D eigenvalue weighted by atomic mass is 10.5. The molecule has 4 nitrogen and oxygen atoms in total. The Bertz CT molecular complexity index is 423. The highest BCUT2D eigenvalue weighted by Gasteiger charge is 2.00. The molecule has 5 heteroatoms. The van der Waals surface area contributed by atoms with Crippen LogP contribution in [0.1, 0.15) is 5.82 Å². The minimum Gasteiger partial charge on any atom is -0.285 e. The minimum absolute atomic E-state index is 0.887. The zero-order valence-electron chi connectivity index (χ0n) is 7.48. The molecule has 2 aromatic heterocycles. The Kier molecular flexibility index (Phi) is 2.20. The molecule has 0 unspecified atom stereocenters. The molecule has 0 aromatic carbocycles. The van der Waals surface area contributed by atoms with Crippen LogP contribution >= 0.6 is 11.9 Å². The first kappa shape index (κ1) is 8.52. The Morgan fingerprint density at radius 2 is 2.23 bits per heavy atom. The van der Waals surface area contributed by atoms with Crippen molar-refractivity contribution in [3.05, 3.63) is 24.2 Å². The molecule has 2 rings (SSSR count). The molecule has 13 heavy (non-hydrogen) atoms. The van der Waals surface area contributed by atoms with Crippen LogP contribution in [-0.4, -0.2) is 21.6 Å². The van der Waals surface area contributed by atoms with Crippen LogP contribution in [0.3, 0.4) is 0 Å². The summed E-state index contributed by atoms with van der Waals surface area (Å²) in [6, 6.07) is 3.98. The summed E-state index contributed by atoms with van der Waals surface area (Å²) < 4.78 is 4.99. The largest absolute Gasteiger partial charge is 0.285 e. The van der Waals surface area contributed by atoms with Gasteiger partial charge in [0.1, 0.15) is 5.82 Å². The van der Waals surface area contributed by atoms with Crippen molar-refractivity contribution in [2.24, 2.45) is 0 Å². The van der Waals surface area contributed by atoms with Crippen molar-refractivity contribution < 1.29 is 0 Å². The van der Waals surface area contributed by atoms with Crippen molar-refractivity contribution >= 4 is 17.6 Å². The van der Waals surface area contributed by atoms with Crippen LogP contribution in [0, 0.1) is 6.92 Å². The summed E-state index contributed by atoms with van der Waals surface area (Å²) in [5.74, 6) is 0.911. The number of hydrogen-bond donors (Lipinski definition) is 1. The third-order valence-electron chi connectivity index (χ3n) is 1.77. The number of nitrogens with one attached hydrogen (secondary N) is 1. The maximum Gasteiger partial charge on any atom is 0.160 e. The average molecular weight is 194 g/mol. The van der Waals surface area contributed by atoms with Gasteiger partial charge >= 0.3 is 0 Å². The van der Waals surface area contributed by atoms with Gasteiger partial charge < -0.3 is 0 Å². The van der Waals surface area contributed by atoms with Gasteiger partial charge in [0, 0.05) is 11.1 Å². The molecular weight excluding hydrogens is 184 g/mol. The van der Waals surface area contributed by atoms with Crippen LogP contribution in [-0.2, 0) is 0 Å². The van der Waals surface area contributed by atoms with E-state index in [4.69, 9.17) is 0 Å². The summed E-state index contributed by atoms with van der Waals surface area (Å²) in [6.45, 7) is 1.94. The standard InChI is InChI=1S/C8H10N4S/c1-6-10-11-8-4-3-7(13-9-2)5-12(6)8/h3-5,9H,1-2H3. The summed E-state index contributed by atoms with van der Waals surface area (Å²) in [5, 5.41) is 7.98. The highest BCUT2D eigenvalue weighted by Crippen LogP contribution is 2.14. The molecule has 1 N–H and O–H groups in total. The highest BCUT2D eigenvalue weighted by atomic mass is 32.2.